The molecule has 2 rings (SSSR count). The number of rotatable bonds is 6. The molecule has 0 bridgehead atoms. The van der Waals surface area contributed by atoms with Crippen LogP contribution >= 0.6 is 0 Å². The highest BCUT2D eigenvalue weighted by molar-refractivity contribution is 5.79. The van der Waals surface area contributed by atoms with E-state index in [0.29, 0.717) is 37.3 Å². The van der Waals surface area contributed by atoms with E-state index in [2.05, 4.69) is 25.8 Å². The molecule has 0 radical (unpaired) electrons. The van der Waals surface area contributed by atoms with Crippen LogP contribution < -0.4 is 10.6 Å². The lowest BCUT2D eigenvalue weighted by molar-refractivity contribution is 0.0285. The number of hydrogen-bond acceptors (Lipinski definition) is 6. The van der Waals surface area contributed by atoms with E-state index in [0.717, 1.165) is 11.1 Å². The number of amides is 1. The summed E-state index contributed by atoms with van der Waals surface area (Å²) in [4.78, 5) is 21.9. The van der Waals surface area contributed by atoms with E-state index >= 15 is 0 Å². The van der Waals surface area contributed by atoms with Crippen molar-refractivity contribution in [1.29, 1.82) is 0 Å². The van der Waals surface area contributed by atoms with E-state index in [1.54, 1.807) is 25.9 Å². The van der Waals surface area contributed by atoms with Crippen LogP contribution in [0.15, 0.2) is 33.8 Å². The molecule has 0 unspecified atom stereocenters. The van der Waals surface area contributed by atoms with Crippen molar-refractivity contribution in [3.63, 3.8) is 0 Å². The first kappa shape index (κ1) is 22.2. The van der Waals surface area contributed by atoms with E-state index in [4.69, 9.17) is 9.26 Å². The average Bonchev–Trinajstić information content (AvgIpc) is 3.07. The zero-order valence-electron chi connectivity index (χ0n) is 17.9. The van der Waals surface area contributed by atoms with Gasteiger partial charge in [-0.3, -0.25) is 4.99 Å². The minimum Gasteiger partial charge on any atom is -0.444 e. The Bertz CT molecular complexity index is 823. The molecular weight excluding hydrogens is 372 g/mol. The molecule has 0 aliphatic heterocycles. The molecule has 0 saturated carbocycles. The number of aromatic nitrogens is 2. The Kier molecular flexibility index (Phi) is 7.58. The molecule has 0 fully saturated rings. The van der Waals surface area contributed by atoms with Gasteiger partial charge in [0.05, 0.1) is 6.54 Å². The van der Waals surface area contributed by atoms with E-state index in [1.165, 1.54) is 0 Å². The molecule has 1 amide bonds. The van der Waals surface area contributed by atoms with Gasteiger partial charge in [0.1, 0.15) is 5.60 Å². The molecule has 0 aliphatic carbocycles. The number of nitrogens with zero attached hydrogens (tertiary/aromatic N) is 4. The number of aryl methyl sites for hydroxylation is 1. The van der Waals surface area contributed by atoms with Gasteiger partial charge in [0.15, 0.2) is 11.8 Å². The number of guanidine groups is 1. The summed E-state index contributed by atoms with van der Waals surface area (Å²) in [6, 6.07) is 8.02. The second kappa shape index (κ2) is 9.90. The van der Waals surface area contributed by atoms with Gasteiger partial charge in [-0.25, -0.2) is 4.79 Å². The van der Waals surface area contributed by atoms with Gasteiger partial charge < -0.3 is 24.8 Å². The predicted octanol–water partition coefficient (Wildman–Crippen LogP) is 2.61. The fourth-order valence-corrected chi connectivity index (χ4v) is 2.42. The molecule has 29 heavy (non-hydrogen) atoms. The second-order valence-corrected chi connectivity index (χ2v) is 7.67. The quantitative estimate of drug-likeness (QED) is 0.565. The largest absolute Gasteiger partial charge is 0.444 e. The summed E-state index contributed by atoms with van der Waals surface area (Å²) in [5.74, 6) is 1.74. The van der Waals surface area contributed by atoms with Gasteiger partial charge >= 0.3 is 6.09 Å². The van der Waals surface area contributed by atoms with Crippen molar-refractivity contribution >= 4 is 12.1 Å². The van der Waals surface area contributed by atoms with Crippen LogP contribution in [0.1, 0.15) is 43.6 Å². The molecule has 1 aromatic heterocycles. The summed E-state index contributed by atoms with van der Waals surface area (Å²) in [5.41, 5.74) is 1.61. The minimum absolute atomic E-state index is 0.338. The molecule has 158 valence electrons. The molecule has 0 atom stereocenters. The van der Waals surface area contributed by atoms with Crippen molar-refractivity contribution in [2.75, 3.05) is 14.1 Å². The Balaban J connectivity index is 1.81. The molecule has 2 aromatic rings. The summed E-state index contributed by atoms with van der Waals surface area (Å²) in [5, 5.41) is 10.1. The Morgan fingerprint density at radius 2 is 1.79 bits per heavy atom. The lowest BCUT2D eigenvalue weighted by Gasteiger charge is -2.24. The summed E-state index contributed by atoms with van der Waals surface area (Å²) in [7, 11) is 3.42. The predicted molar refractivity (Wildman–Crippen MR) is 110 cm³/mol. The van der Waals surface area contributed by atoms with Crippen molar-refractivity contribution < 1.29 is 14.1 Å². The maximum Gasteiger partial charge on any atom is 0.410 e. The molecule has 9 nitrogen and oxygen atoms in total. The van der Waals surface area contributed by atoms with Gasteiger partial charge in [0, 0.05) is 27.2 Å². The summed E-state index contributed by atoms with van der Waals surface area (Å²) in [6.45, 7) is 8.82. The number of aliphatic imine (C=N–C) groups is 1. The molecular formula is C20H30N6O3. The standard InChI is InChI=1S/C20H30N6O3/c1-14-24-17(29-25-14)12-23-18(21-5)22-11-15-7-9-16(10-8-15)13-26(6)19(27)28-20(2,3)4/h7-10H,11-13H2,1-6H3,(H2,21,22,23). The van der Waals surface area contributed by atoms with Crippen molar-refractivity contribution in [1.82, 2.24) is 25.7 Å². The first-order valence-electron chi connectivity index (χ1n) is 9.42. The lowest BCUT2D eigenvalue weighted by atomic mass is 10.1. The molecule has 1 aromatic carbocycles. The van der Waals surface area contributed by atoms with Crippen LogP contribution in [-0.4, -0.2) is 46.8 Å². The van der Waals surface area contributed by atoms with Crippen LogP contribution in [0.3, 0.4) is 0 Å². The normalized spacial score (nSPS) is 11.9. The zero-order chi connectivity index (χ0) is 21.4. The van der Waals surface area contributed by atoms with E-state index in [1.807, 2.05) is 45.0 Å². The monoisotopic (exact) mass is 402 g/mol. The number of carbonyl (C=O) groups excluding carboxylic acids is 1. The van der Waals surface area contributed by atoms with E-state index < -0.39 is 5.60 Å². The van der Waals surface area contributed by atoms with Crippen LogP contribution in [0.5, 0.6) is 0 Å². The Morgan fingerprint density at radius 3 is 2.34 bits per heavy atom. The number of carbonyl (C=O) groups is 1. The van der Waals surface area contributed by atoms with Gasteiger partial charge in [-0.2, -0.15) is 4.98 Å². The van der Waals surface area contributed by atoms with Crippen molar-refractivity contribution in [2.45, 2.75) is 52.9 Å². The first-order chi connectivity index (χ1) is 13.7. The molecule has 2 N–H and O–H groups in total. The molecule has 9 heteroatoms. The highest BCUT2D eigenvalue weighted by Gasteiger charge is 2.19. The summed E-state index contributed by atoms with van der Waals surface area (Å²) in [6.07, 6.45) is -0.338. The van der Waals surface area contributed by atoms with Crippen LogP contribution in [-0.2, 0) is 24.4 Å². The SMILES string of the molecule is CN=C(NCc1ccc(CN(C)C(=O)OC(C)(C)C)cc1)NCc1nc(C)no1. The summed E-state index contributed by atoms with van der Waals surface area (Å²) < 4.78 is 10.4. The van der Waals surface area contributed by atoms with Crippen LogP contribution in [0.2, 0.25) is 0 Å². The first-order valence-corrected chi connectivity index (χ1v) is 9.42. The maximum atomic E-state index is 12.1. The number of nitrogens with one attached hydrogen (secondary N) is 2. The van der Waals surface area contributed by atoms with Crippen LogP contribution in [0, 0.1) is 6.92 Å². The maximum absolute atomic E-state index is 12.1. The minimum atomic E-state index is -0.504. The van der Waals surface area contributed by atoms with Crippen LogP contribution in [0.4, 0.5) is 4.79 Å². The highest BCUT2D eigenvalue weighted by Crippen LogP contribution is 2.12. The van der Waals surface area contributed by atoms with Crippen LogP contribution in [0.25, 0.3) is 0 Å². The topological polar surface area (TPSA) is 105 Å². The molecule has 0 aliphatic rings. The third kappa shape index (κ3) is 7.81. The van der Waals surface area contributed by atoms with Crippen molar-refractivity contribution in [3.05, 3.63) is 47.1 Å². The van der Waals surface area contributed by atoms with Crippen molar-refractivity contribution in [2.24, 2.45) is 4.99 Å². The highest BCUT2D eigenvalue weighted by atomic mass is 16.6. The second-order valence-electron chi connectivity index (χ2n) is 7.67. The number of benzene rings is 1. The Hall–Kier alpha value is -3.10. The fourth-order valence-electron chi connectivity index (χ4n) is 2.42. The number of ether oxygens (including phenoxy) is 1. The zero-order valence-corrected chi connectivity index (χ0v) is 17.9. The third-order valence-electron chi connectivity index (χ3n) is 3.81. The molecule has 0 saturated heterocycles. The number of hydrogen-bond donors (Lipinski definition) is 2. The van der Waals surface area contributed by atoms with Crippen molar-refractivity contribution in [3.8, 4) is 0 Å². The molecule has 1 heterocycles. The lowest BCUT2D eigenvalue weighted by Crippen LogP contribution is -2.36. The Labute approximate surface area is 171 Å². The summed E-state index contributed by atoms with van der Waals surface area (Å²) >= 11 is 0. The average molecular weight is 402 g/mol. The van der Waals surface area contributed by atoms with Gasteiger partial charge in [0.2, 0.25) is 5.89 Å². The van der Waals surface area contributed by atoms with Gasteiger partial charge in [-0.15, -0.1) is 0 Å². The third-order valence-corrected chi connectivity index (χ3v) is 3.81. The van der Waals surface area contributed by atoms with Gasteiger partial charge in [-0.05, 0) is 38.8 Å². The Morgan fingerprint density at radius 1 is 1.17 bits per heavy atom. The van der Waals surface area contributed by atoms with Gasteiger partial charge in [0.25, 0.3) is 0 Å². The smallest absolute Gasteiger partial charge is 0.410 e. The van der Waals surface area contributed by atoms with E-state index in [-0.39, 0.29) is 6.09 Å². The van der Waals surface area contributed by atoms with E-state index in [9.17, 15) is 4.79 Å². The molecule has 0 spiro atoms. The van der Waals surface area contributed by atoms with Gasteiger partial charge in [-0.1, -0.05) is 29.4 Å². The fraction of sp³-hybridized carbons (Fsp3) is 0.500.